The lowest BCUT2D eigenvalue weighted by Gasteiger charge is -2.22. The average Bonchev–Trinajstić information content (AvgIpc) is 2.60. The minimum Gasteiger partial charge on any atom is -0.355 e. The second-order valence-corrected chi connectivity index (χ2v) is 6.61. The van der Waals surface area contributed by atoms with Crippen LogP contribution in [0.5, 0.6) is 0 Å². The zero-order valence-electron chi connectivity index (χ0n) is 14.6. The van der Waals surface area contributed by atoms with E-state index >= 15 is 0 Å². The number of carbonyl (C=O) groups is 2. The van der Waals surface area contributed by atoms with Crippen molar-refractivity contribution in [2.75, 3.05) is 26.2 Å². The van der Waals surface area contributed by atoms with Crippen LogP contribution in [-0.4, -0.2) is 38.0 Å². The standard InChI is InChI=1S/C19H29N3O2/c1-15-4-6-16(7-5-15)8-9-18(23)22-14-19(24)21-12-10-17-3-2-11-20-13-17/h4-7,17,20H,2-3,8-14H2,1H3,(H,21,24)(H,22,23). The van der Waals surface area contributed by atoms with Gasteiger partial charge in [-0.3, -0.25) is 9.59 Å². The number of rotatable bonds is 8. The number of hydrogen-bond acceptors (Lipinski definition) is 3. The lowest BCUT2D eigenvalue weighted by molar-refractivity contribution is -0.126. The minimum atomic E-state index is -0.109. The van der Waals surface area contributed by atoms with Crippen molar-refractivity contribution in [3.63, 3.8) is 0 Å². The third-order valence-corrected chi connectivity index (χ3v) is 4.48. The highest BCUT2D eigenvalue weighted by Crippen LogP contribution is 2.12. The molecule has 1 aliphatic rings. The summed E-state index contributed by atoms with van der Waals surface area (Å²) in [6.45, 7) is 4.95. The number of amides is 2. The van der Waals surface area contributed by atoms with E-state index in [9.17, 15) is 9.59 Å². The van der Waals surface area contributed by atoms with E-state index in [-0.39, 0.29) is 18.4 Å². The van der Waals surface area contributed by atoms with Crippen molar-refractivity contribution in [2.24, 2.45) is 5.92 Å². The molecule has 5 nitrogen and oxygen atoms in total. The van der Waals surface area contributed by atoms with E-state index < -0.39 is 0 Å². The Kier molecular flexibility index (Phi) is 7.75. The Balaban J connectivity index is 1.53. The zero-order valence-corrected chi connectivity index (χ0v) is 14.6. The molecule has 0 aromatic heterocycles. The molecule has 5 heteroatoms. The maximum atomic E-state index is 11.8. The summed E-state index contributed by atoms with van der Waals surface area (Å²) in [5.41, 5.74) is 2.35. The van der Waals surface area contributed by atoms with Crippen LogP contribution in [0.15, 0.2) is 24.3 Å². The van der Waals surface area contributed by atoms with E-state index in [1.165, 1.54) is 18.4 Å². The molecule has 0 bridgehead atoms. The second-order valence-electron chi connectivity index (χ2n) is 6.61. The van der Waals surface area contributed by atoms with Crippen molar-refractivity contribution in [2.45, 2.75) is 39.0 Å². The van der Waals surface area contributed by atoms with Crippen molar-refractivity contribution in [1.29, 1.82) is 0 Å². The monoisotopic (exact) mass is 331 g/mol. The highest BCUT2D eigenvalue weighted by Gasteiger charge is 2.13. The van der Waals surface area contributed by atoms with E-state index in [0.29, 0.717) is 25.3 Å². The summed E-state index contributed by atoms with van der Waals surface area (Å²) >= 11 is 0. The summed E-state index contributed by atoms with van der Waals surface area (Å²) in [6, 6.07) is 8.16. The van der Waals surface area contributed by atoms with Gasteiger partial charge < -0.3 is 16.0 Å². The molecule has 1 unspecified atom stereocenters. The summed E-state index contributed by atoms with van der Waals surface area (Å²) in [5, 5.41) is 8.95. The summed E-state index contributed by atoms with van der Waals surface area (Å²) in [7, 11) is 0. The molecule has 1 aromatic carbocycles. The fraction of sp³-hybridized carbons (Fsp3) is 0.579. The van der Waals surface area contributed by atoms with Crippen molar-refractivity contribution in [3.8, 4) is 0 Å². The Bertz CT molecular complexity index is 522. The summed E-state index contributed by atoms with van der Waals surface area (Å²) < 4.78 is 0. The Morgan fingerprint density at radius 2 is 1.96 bits per heavy atom. The molecule has 1 saturated heterocycles. The smallest absolute Gasteiger partial charge is 0.239 e. The van der Waals surface area contributed by atoms with Crippen molar-refractivity contribution < 1.29 is 9.59 Å². The predicted octanol–water partition coefficient (Wildman–Crippen LogP) is 1.55. The Labute approximate surface area is 144 Å². The van der Waals surface area contributed by atoms with Gasteiger partial charge in [-0.15, -0.1) is 0 Å². The molecular weight excluding hydrogens is 302 g/mol. The number of carbonyl (C=O) groups excluding carboxylic acids is 2. The number of aryl methyl sites for hydroxylation is 2. The van der Waals surface area contributed by atoms with E-state index in [1.54, 1.807) is 0 Å². The first-order valence-corrected chi connectivity index (χ1v) is 8.93. The second kappa shape index (κ2) is 10.1. The van der Waals surface area contributed by atoms with E-state index in [4.69, 9.17) is 0 Å². The quantitative estimate of drug-likeness (QED) is 0.677. The van der Waals surface area contributed by atoms with Gasteiger partial charge >= 0.3 is 0 Å². The van der Waals surface area contributed by atoms with Gasteiger partial charge in [0.1, 0.15) is 0 Å². The van der Waals surface area contributed by atoms with Crippen molar-refractivity contribution in [3.05, 3.63) is 35.4 Å². The molecule has 0 spiro atoms. The molecule has 1 aromatic rings. The third-order valence-electron chi connectivity index (χ3n) is 4.48. The molecule has 1 fully saturated rings. The Morgan fingerprint density at radius 1 is 1.17 bits per heavy atom. The molecule has 0 radical (unpaired) electrons. The minimum absolute atomic E-state index is 0.0651. The van der Waals surface area contributed by atoms with Gasteiger partial charge in [0, 0.05) is 13.0 Å². The average molecular weight is 331 g/mol. The predicted molar refractivity (Wildman–Crippen MR) is 95.7 cm³/mol. The van der Waals surface area contributed by atoms with Crippen LogP contribution in [0.1, 0.15) is 36.8 Å². The zero-order chi connectivity index (χ0) is 17.2. The topological polar surface area (TPSA) is 70.2 Å². The molecule has 0 saturated carbocycles. The highest BCUT2D eigenvalue weighted by atomic mass is 16.2. The summed E-state index contributed by atoms with van der Waals surface area (Å²) in [5.74, 6) is 0.466. The number of piperidine rings is 1. The van der Waals surface area contributed by atoms with Gasteiger partial charge in [0.15, 0.2) is 0 Å². The third kappa shape index (κ3) is 7.13. The normalized spacial score (nSPS) is 17.3. The van der Waals surface area contributed by atoms with Crippen LogP contribution in [0, 0.1) is 12.8 Å². The van der Waals surface area contributed by atoms with Crippen molar-refractivity contribution >= 4 is 11.8 Å². The fourth-order valence-electron chi connectivity index (χ4n) is 2.93. The Hall–Kier alpha value is -1.88. The number of hydrogen-bond donors (Lipinski definition) is 3. The molecule has 1 atom stereocenters. The van der Waals surface area contributed by atoms with Gasteiger partial charge in [-0.05, 0) is 57.2 Å². The summed E-state index contributed by atoms with van der Waals surface area (Å²) in [4.78, 5) is 23.6. The van der Waals surface area contributed by atoms with E-state index in [2.05, 4.69) is 16.0 Å². The van der Waals surface area contributed by atoms with Crippen LogP contribution < -0.4 is 16.0 Å². The van der Waals surface area contributed by atoms with Crippen LogP contribution in [0.3, 0.4) is 0 Å². The molecule has 132 valence electrons. The molecule has 0 aliphatic carbocycles. The molecular formula is C19H29N3O2. The van der Waals surface area contributed by atoms with Crippen molar-refractivity contribution in [1.82, 2.24) is 16.0 Å². The summed E-state index contributed by atoms with van der Waals surface area (Å²) in [6.07, 6.45) is 4.56. The SMILES string of the molecule is Cc1ccc(CCC(=O)NCC(=O)NCCC2CCCNC2)cc1. The maximum Gasteiger partial charge on any atom is 0.239 e. The molecule has 3 N–H and O–H groups in total. The first kappa shape index (κ1) is 18.5. The van der Waals surface area contributed by atoms with Crippen LogP contribution in [0.2, 0.25) is 0 Å². The first-order chi connectivity index (χ1) is 11.6. The molecule has 2 rings (SSSR count). The van der Waals surface area contributed by atoms with Gasteiger partial charge in [-0.1, -0.05) is 29.8 Å². The van der Waals surface area contributed by atoms with Gasteiger partial charge in [-0.25, -0.2) is 0 Å². The largest absolute Gasteiger partial charge is 0.355 e. The molecule has 1 aliphatic heterocycles. The van der Waals surface area contributed by atoms with Crippen LogP contribution >= 0.6 is 0 Å². The number of benzene rings is 1. The van der Waals surface area contributed by atoms with E-state index in [0.717, 1.165) is 25.1 Å². The highest BCUT2D eigenvalue weighted by molar-refractivity contribution is 5.84. The van der Waals surface area contributed by atoms with Crippen LogP contribution in [-0.2, 0) is 16.0 Å². The van der Waals surface area contributed by atoms with Crippen LogP contribution in [0.4, 0.5) is 0 Å². The number of nitrogens with one attached hydrogen (secondary N) is 3. The van der Waals surface area contributed by atoms with E-state index in [1.807, 2.05) is 31.2 Å². The van der Waals surface area contributed by atoms with Gasteiger partial charge in [-0.2, -0.15) is 0 Å². The maximum absolute atomic E-state index is 11.8. The van der Waals surface area contributed by atoms with Gasteiger partial charge in [0.05, 0.1) is 6.54 Å². The lowest BCUT2D eigenvalue weighted by atomic mass is 9.96. The first-order valence-electron chi connectivity index (χ1n) is 8.93. The Morgan fingerprint density at radius 3 is 2.67 bits per heavy atom. The fourth-order valence-corrected chi connectivity index (χ4v) is 2.93. The molecule has 24 heavy (non-hydrogen) atoms. The molecule has 1 heterocycles. The molecule has 2 amide bonds. The van der Waals surface area contributed by atoms with Gasteiger partial charge in [0.2, 0.25) is 11.8 Å². The van der Waals surface area contributed by atoms with Crippen LogP contribution in [0.25, 0.3) is 0 Å². The van der Waals surface area contributed by atoms with Gasteiger partial charge in [0.25, 0.3) is 0 Å². The lowest BCUT2D eigenvalue weighted by Crippen LogP contribution is -2.38.